The predicted octanol–water partition coefficient (Wildman–Crippen LogP) is 2.52. The molecule has 0 fully saturated rings. The number of hydrogen-bond donors (Lipinski definition) is 1. The van der Waals surface area contributed by atoms with Gasteiger partial charge in [0.2, 0.25) is 11.0 Å². The second kappa shape index (κ2) is 8.13. The summed E-state index contributed by atoms with van der Waals surface area (Å²) in [5.41, 5.74) is 1.98. The van der Waals surface area contributed by atoms with Crippen LogP contribution in [0.5, 0.6) is 0 Å². The number of hydrogen-bond acceptors (Lipinski definition) is 7. The summed E-state index contributed by atoms with van der Waals surface area (Å²) in [4.78, 5) is 14.0. The molecule has 0 saturated heterocycles. The third kappa shape index (κ3) is 4.58. The smallest absolute Gasteiger partial charge is 0.233 e. The minimum absolute atomic E-state index is 0.0404. The SMILES string of the molecule is CNc1nnc(SCC(=O)N(C)Cc2cnn(-c3ccccc3)c2)s1. The summed E-state index contributed by atoms with van der Waals surface area (Å²) < 4.78 is 2.59. The van der Waals surface area contributed by atoms with Gasteiger partial charge in [-0.3, -0.25) is 4.79 Å². The van der Waals surface area contributed by atoms with Gasteiger partial charge in [-0.05, 0) is 12.1 Å². The van der Waals surface area contributed by atoms with Crippen LogP contribution in [0.2, 0.25) is 0 Å². The van der Waals surface area contributed by atoms with E-state index in [-0.39, 0.29) is 5.91 Å². The van der Waals surface area contributed by atoms with Crippen molar-refractivity contribution in [3.8, 4) is 5.69 Å². The van der Waals surface area contributed by atoms with Crippen molar-refractivity contribution in [1.29, 1.82) is 0 Å². The fourth-order valence-corrected chi connectivity index (χ4v) is 3.77. The molecule has 0 radical (unpaired) electrons. The van der Waals surface area contributed by atoms with Crippen LogP contribution in [0.25, 0.3) is 5.69 Å². The molecule has 2 aromatic heterocycles. The molecule has 0 aliphatic heterocycles. The van der Waals surface area contributed by atoms with Gasteiger partial charge in [-0.1, -0.05) is 41.3 Å². The average molecular weight is 374 g/mol. The molecule has 1 aromatic carbocycles. The molecule has 2 heterocycles. The lowest BCUT2D eigenvalue weighted by Crippen LogP contribution is -2.27. The largest absolute Gasteiger partial charge is 0.363 e. The predicted molar refractivity (Wildman–Crippen MR) is 100 cm³/mol. The van der Waals surface area contributed by atoms with E-state index in [1.807, 2.05) is 41.2 Å². The van der Waals surface area contributed by atoms with Gasteiger partial charge in [-0.15, -0.1) is 10.2 Å². The fourth-order valence-electron chi connectivity index (χ4n) is 2.13. The summed E-state index contributed by atoms with van der Waals surface area (Å²) in [6.07, 6.45) is 3.73. The maximum absolute atomic E-state index is 12.3. The monoisotopic (exact) mass is 374 g/mol. The lowest BCUT2D eigenvalue weighted by Gasteiger charge is -2.15. The Kier molecular flexibility index (Phi) is 5.67. The molecule has 1 amide bonds. The molecule has 9 heteroatoms. The van der Waals surface area contributed by atoms with E-state index >= 15 is 0 Å². The number of anilines is 1. The molecule has 0 aliphatic carbocycles. The summed E-state index contributed by atoms with van der Waals surface area (Å²) in [7, 11) is 3.59. The first-order valence-electron chi connectivity index (χ1n) is 7.62. The number of nitrogens with one attached hydrogen (secondary N) is 1. The molecule has 25 heavy (non-hydrogen) atoms. The summed E-state index contributed by atoms with van der Waals surface area (Å²) in [5.74, 6) is 0.375. The van der Waals surface area contributed by atoms with E-state index < -0.39 is 0 Å². The normalized spacial score (nSPS) is 10.6. The van der Waals surface area contributed by atoms with Crippen LogP contribution in [-0.2, 0) is 11.3 Å². The van der Waals surface area contributed by atoms with Gasteiger partial charge in [0.15, 0.2) is 4.34 Å². The highest BCUT2D eigenvalue weighted by molar-refractivity contribution is 8.01. The maximum Gasteiger partial charge on any atom is 0.233 e. The van der Waals surface area contributed by atoms with Crippen molar-refractivity contribution in [3.63, 3.8) is 0 Å². The van der Waals surface area contributed by atoms with Gasteiger partial charge >= 0.3 is 0 Å². The number of para-hydroxylation sites is 1. The number of benzene rings is 1. The quantitative estimate of drug-likeness (QED) is 0.641. The van der Waals surface area contributed by atoms with Crippen LogP contribution >= 0.6 is 23.1 Å². The van der Waals surface area contributed by atoms with Gasteiger partial charge < -0.3 is 10.2 Å². The molecule has 3 rings (SSSR count). The lowest BCUT2D eigenvalue weighted by atomic mass is 10.3. The number of nitrogens with zero attached hydrogens (tertiary/aromatic N) is 5. The molecule has 0 bridgehead atoms. The first-order chi connectivity index (χ1) is 12.2. The number of amides is 1. The summed E-state index contributed by atoms with van der Waals surface area (Å²) >= 11 is 2.84. The highest BCUT2D eigenvalue weighted by atomic mass is 32.2. The van der Waals surface area contributed by atoms with Gasteiger partial charge in [-0.2, -0.15) is 5.10 Å². The van der Waals surface area contributed by atoms with Crippen molar-refractivity contribution >= 4 is 34.1 Å². The molecular weight excluding hydrogens is 356 g/mol. The van der Waals surface area contributed by atoms with E-state index in [0.29, 0.717) is 12.3 Å². The molecule has 0 spiro atoms. The molecule has 0 unspecified atom stereocenters. The Bertz CT molecular complexity index is 832. The Morgan fingerprint density at radius 3 is 2.84 bits per heavy atom. The van der Waals surface area contributed by atoms with Gasteiger partial charge in [0.25, 0.3) is 0 Å². The van der Waals surface area contributed by atoms with Crippen molar-refractivity contribution in [2.24, 2.45) is 0 Å². The lowest BCUT2D eigenvalue weighted by molar-refractivity contribution is -0.127. The van der Waals surface area contributed by atoms with Crippen LogP contribution < -0.4 is 5.32 Å². The standard InChI is InChI=1S/C16H18N6OS2/c1-17-15-19-20-16(25-15)24-11-14(23)21(2)9-12-8-18-22(10-12)13-6-4-3-5-7-13/h3-8,10H,9,11H2,1-2H3,(H,17,19). The Morgan fingerprint density at radius 1 is 1.32 bits per heavy atom. The van der Waals surface area contributed by atoms with E-state index in [0.717, 1.165) is 20.7 Å². The maximum atomic E-state index is 12.3. The van der Waals surface area contributed by atoms with Crippen molar-refractivity contribution in [1.82, 2.24) is 24.9 Å². The second-order valence-corrected chi connectivity index (χ2v) is 7.49. The third-order valence-electron chi connectivity index (χ3n) is 3.44. The number of rotatable bonds is 7. The first kappa shape index (κ1) is 17.4. The van der Waals surface area contributed by atoms with Crippen LogP contribution in [0.3, 0.4) is 0 Å². The third-order valence-corrected chi connectivity index (χ3v) is 5.50. The summed E-state index contributed by atoms with van der Waals surface area (Å²) in [6.45, 7) is 0.518. The Morgan fingerprint density at radius 2 is 2.12 bits per heavy atom. The van der Waals surface area contributed by atoms with Crippen molar-refractivity contribution in [2.75, 3.05) is 25.2 Å². The minimum Gasteiger partial charge on any atom is -0.363 e. The minimum atomic E-state index is 0.0404. The Hall–Kier alpha value is -2.39. The molecule has 7 nitrogen and oxygen atoms in total. The van der Waals surface area contributed by atoms with Crippen LogP contribution in [-0.4, -0.2) is 50.6 Å². The van der Waals surface area contributed by atoms with Crippen LogP contribution in [0, 0.1) is 0 Å². The number of thioether (sulfide) groups is 1. The fraction of sp³-hybridized carbons (Fsp3) is 0.250. The zero-order valence-corrected chi connectivity index (χ0v) is 15.5. The van der Waals surface area contributed by atoms with Gasteiger partial charge in [-0.25, -0.2) is 4.68 Å². The Balaban J connectivity index is 1.54. The Labute approximate surface area is 154 Å². The van der Waals surface area contributed by atoms with E-state index in [1.165, 1.54) is 23.1 Å². The van der Waals surface area contributed by atoms with Crippen molar-refractivity contribution in [2.45, 2.75) is 10.9 Å². The zero-order chi connectivity index (χ0) is 17.6. The highest BCUT2D eigenvalue weighted by Gasteiger charge is 2.13. The van der Waals surface area contributed by atoms with E-state index in [4.69, 9.17) is 0 Å². The highest BCUT2D eigenvalue weighted by Crippen LogP contribution is 2.25. The topological polar surface area (TPSA) is 75.9 Å². The molecular formula is C16H18N6OS2. The van der Waals surface area contributed by atoms with Crippen molar-refractivity contribution in [3.05, 3.63) is 48.3 Å². The summed E-state index contributed by atoms with van der Waals surface area (Å²) in [5, 5.41) is 16.0. The number of carbonyl (C=O) groups excluding carboxylic acids is 1. The molecule has 0 saturated carbocycles. The van der Waals surface area contributed by atoms with Gasteiger partial charge in [0, 0.05) is 32.4 Å². The molecule has 0 aliphatic rings. The number of carbonyl (C=O) groups is 1. The first-order valence-corrected chi connectivity index (χ1v) is 9.43. The van der Waals surface area contributed by atoms with E-state index in [2.05, 4.69) is 20.6 Å². The molecule has 0 atom stereocenters. The van der Waals surface area contributed by atoms with E-state index in [1.54, 1.807) is 25.2 Å². The average Bonchev–Trinajstić information content (AvgIpc) is 3.29. The van der Waals surface area contributed by atoms with Gasteiger partial charge in [0.05, 0.1) is 17.6 Å². The second-order valence-electron chi connectivity index (χ2n) is 5.29. The summed E-state index contributed by atoms with van der Waals surface area (Å²) in [6, 6.07) is 9.88. The van der Waals surface area contributed by atoms with E-state index in [9.17, 15) is 4.79 Å². The van der Waals surface area contributed by atoms with Crippen LogP contribution in [0.4, 0.5) is 5.13 Å². The number of aromatic nitrogens is 4. The molecule has 3 aromatic rings. The zero-order valence-electron chi connectivity index (χ0n) is 13.9. The molecule has 130 valence electrons. The van der Waals surface area contributed by atoms with Crippen LogP contribution in [0.15, 0.2) is 47.1 Å². The van der Waals surface area contributed by atoms with Gasteiger partial charge in [0.1, 0.15) is 0 Å². The van der Waals surface area contributed by atoms with Crippen LogP contribution in [0.1, 0.15) is 5.56 Å². The van der Waals surface area contributed by atoms with Crippen molar-refractivity contribution < 1.29 is 4.79 Å². The molecule has 1 N–H and O–H groups in total.